The molecule has 0 atom stereocenters. The summed E-state index contributed by atoms with van der Waals surface area (Å²) < 4.78 is 4.55. The lowest BCUT2D eigenvalue weighted by molar-refractivity contribution is 0.211. The molecule has 0 radical (unpaired) electrons. The van der Waals surface area contributed by atoms with E-state index in [0.29, 0.717) is 0 Å². The van der Waals surface area contributed by atoms with Crippen LogP contribution in [0.25, 0.3) is 0 Å². The first-order valence-corrected chi connectivity index (χ1v) is 4.21. The number of ether oxygens (including phenoxy) is 1. The molecule has 11 heavy (non-hydrogen) atoms. The zero-order chi connectivity index (χ0) is 8.10. The Labute approximate surface area is 71.2 Å². The molecule has 0 bridgehead atoms. The van der Waals surface area contributed by atoms with Crippen molar-refractivity contribution in [3.63, 3.8) is 0 Å². The van der Waals surface area contributed by atoms with Gasteiger partial charge in [-0.25, -0.2) is 4.79 Å². The number of rotatable bonds is 1. The van der Waals surface area contributed by atoms with Gasteiger partial charge in [-0.3, -0.25) is 0 Å². The van der Waals surface area contributed by atoms with Crippen molar-refractivity contribution >= 4 is 17.0 Å². The highest BCUT2D eigenvalue weighted by molar-refractivity contribution is 6.61. The van der Waals surface area contributed by atoms with Crippen LogP contribution in [0.1, 0.15) is 32.1 Å². The molecular weight excluding hydrogens is 164 g/mol. The Morgan fingerprint density at radius 1 is 1.36 bits per heavy atom. The van der Waals surface area contributed by atoms with Crippen molar-refractivity contribution in [2.75, 3.05) is 0 Å². The Morgan fingerprint density at radius 3 is 2.55 bits per heavy atom. The second-order valence-electron chi connectivity index (χ2n) is 2.69. The molecule has 0 aliphatic heterocycles. The van der Waals surface area contributed by atoms with Gasteiger partial charge >= 0.3 is 5.43 Å². The van der Waals surface area contributed by atoms with E-state index in [1.807, 2.05) is 0 Å². The van der Waals surface area contributed by atoms with Crippen molar-refractivity contribution in [3.8, 4) is 0 Å². The molecule has 3 heteroatoms. The van der Waals surface area contributed by atoms with Crippen LogP contribution in [0, 0.1) is 0 Å². The van der Waals surface area contributed by atoms with Gasteiger partial charge in [-0.15, -0.1) is 0 Å². The van der Waals surface area contributed by atoms with E-state index < -0.39 is 5.43 Å². The SMILES string of the molecule is O=C(Cl)OC=C1CCCCC1. The van der Waals surface area contributed by atoms with Crippen LogP contribution >= 0.6 is 11.6 Å². The summed E-state index contributed by atoms with van der Waals surface area (Å²) in [4.78, 5) is 10.2. The van der Waals surface area contributed by atoms with Gasteiger partial charge in [0.15, 0.2) is 0 Å². The summed E-state index contributed by atoms with van der Waals surface area (Å²) in [6.07, 6.45) is 7.27. The second-order valence-corrected chi connectivity index (χ2v) is 3.00. The van der Waals surface area contributed by atoms with Crippen molar-refractivity contribution < 1.29 is 9.53 Å². The number of carbonyl (C=O) groups excluding carboxylic acids is 1. The van der Waals surface area contributed by atoms with Gasteiger partial charge in [-0.2, -0.15) is 0 Å². The molecule has 1 saturated carbocycles. The van der Waals surface area contributed by atoms with Gasteiger partial charge in [0.2, 0.25) is 0 Å². The van der Waals surface area contributed by atoms with Crippen LogP contribution in [0.15, 0.2) is 11.8 Å². The first-order valence-electron chi connectivity index (χ1n) is 3.83. The van der Waals surface area contributed by atoms with Gasteiger partial charge in [0.25, 0.3) is 0 Å². The standard InChI is InChI=1S/C8H11ClO2/c9-8(10)11-6-7-4-2-1-3-5-7/h6H,1-5H2. The fraction of sp³-hybridized carbons (Fsp3) is 0.625. The van der Waals surface area contributed by atoms with Crippen LogP contribution in [0.2, 0.25) is 0 Å². The zero-order valence-corrected chi connectivity index (χ0v) is 7.06. The number of hydrogen-bond donors (Lipinski definition) is 0. The lowest BCUT2D eigenvalue weighted by Gasteiger charge is -2.11. The average Bonchev–Trinajstić information content (AvgIpc) is 2.03. The summed E-state index contributed by atoms with van der Waals surface area (Å²) >= 11 is 4.99. The van der Waals surface area contributed by atoms with E-state index in [4.69, 9.17) is 11.6 Å². The van der Waals surface area contributed by atoms with Gasteiger partial charge in [0.1, 0.15) is 0 Å². The molecule has 0 unspecified atom stereocenters. The number of hydrogen-bond acceptors (Lipinski definition) is 2. The fourth-order valence-electron chi connectivity index (χ4n) is 1.25. The zero-order valence-electron chi connectivity index (χ0n) is 6.31. The highest BCUT2D eigenvalue weighted by atomic mass is 35.5. The number of carbonyl (C=O) groups is 1. The molecular formula is C8H11ClO2. The maximum Gasteiger partial charge on any atom is 0.408 e. The molecule has 0 heterocycles. The van der Waals surface area contributed by atoms with E-state index in [0.717, 1.165) is 12.8 Å². The molecule has 1 rings (SSSR count). The maximum absolute atomic E-state index is 10.2. The van der Waals surface area contributed by atoms with Gasteiger partial charge < -0.3 is 4.74 Å². The largest absolute Gasteiger partial charge is 0.423 e. The fourth-order valence-corrected chi connectivity index (χ4v) is 1.30. The average molecular weight is 175 g/mol. The van der Waals surface area contributed by atoms with Gasteiger partial charge in [-0.1, -0.05) is 6.42 Å². The molecule has 0 aromatic rings. The highest BCUT2D eigenvalue weighted by Gasteiger charge is 2.05. The molecule has 0 N–H and O–H groups in total. The van der Waals surface area contributed by atoms with E-state index in [-0.39, 0.29) is 0 Å². The quantitative estimate of drug-likeness (QED) is 0.451. The Morgan fingerprint density at radius 2 is 2.00 bits per heavy atom. The summed E-state index contributed by atoms with van der Waals surface area (Å²) in [5.41, 5.74) is 0.452. The summed E-state index contributed by atoms with van der Waals surface area (Å²) in [7, 11) is 0. The molecule has 0 spiro atoms. The van der Waals surface area contributed by atoms with Crippen molar-refractivity contribution in [1.29, 1.82) is 0 Å². The molecule has 0 amide bonds. The molecule has 0 aromatic carbocycles. The topological polar surface area (TPSA) is 26.3 Å². The monoisotopic (exact) mass is 174 g/mol. The maximum atomic E-state index is 10.2. The summed E-state index contributed by atoms with van der Waals surface area (Å²) in [5.74, 6) is 0. The number of allylic oxidation sites excluding steroid dienone is 1. The van der Waals surface area contributed by atoms with E-state index >= 15 is 0 Å². The minimum Gasteiger partial charge on any atom is -0.423 e. The van der Waals surface area contributed by atoms with Crippen molar-refractivity contribution in [2.24, 2.45) is 0 Å². The van der Waals surface area contributed by atoms with Gasteiger partial charge in [0, 0.05) is 11.6 Å². The van der Waals surface area contributed by atoms with E-state index in [1.54, 1.807) is 0 Å². The van der Waals surface area contributed by atoms with Gasteiger partial charge in [0.05, 0.1) is 6.26 Å². The Kier molecular flexibility index (Phi) is 3.43. The van der Waals surface area contributed by atoms with Crippen LogP contribution in [0.4, 0.5) is 4.79 Å². The number of halogens is 1. The third-order valence-electron chi connectivity index (χ3n) is 1.81. The second kappa shape index (κ2) is 4.39. The van der Waals surface area contributed by atoms with Gasteiger partial charge in [-0.05, 0) is 31.3 Å². The van der Waals surface area contributed by atoms with Crippen molar-refractivity contribution in [3.05, 3.63) is 11.8 Å². The van der Waals surface area contributed by atoms with E-state index in [1.165, 1.54) is 31.1 Å². The van der Waals surface area contributed by atoms with Crippen LogP contribution < -0.4 is 0 Å². The van der Waals surface area contributed by atoms with Crippen LogP contribution in [-0.4, -0.2) is 5.43 Å². The lowest BCUT2D eigenvalue weighted by atomic mass is 9.96. The Balaban J connectivity index is 2.32. The lowest BCUT2D eigenvalue weighted by Crippen LogP contribution is -1.95. The Hall–Kier alpha value is -0.500. The Bertz CT molecular complexity index is 167. The smallest absolute Gasteiger partial charge is 0.408 e. The molecule has 62 valence electrons. The van der Waals surface area contributed by atoms with E-state index in [2.05, 4.69) is 4.74 Å². The molecule has 2 nitrogen and oxygen atoms in total. The van der Waals surface area contributed by atoms with E-state index in [9.17, 15) is 4.79 Å². The van der Waals surface area contributed by atoms with Crippen molar-refractivity contribution in [2.45, 2.75) is 32.1 Å². The molecule has 1 aliphatic rings. The van der Waals surface area contributed by atoms with Crippen molar-refractivity contribution in [1.82, 2.24) is 0 Å². The minimum absolute atomic E-state index is 0.747. The molecule has 1 aliphatic carbocycles. The molecule has 0 saturated heterocycles. The molecule has 0 aromatic heterocycles. The third kappa shape index (κ3) is 3.42. The first-order chi connectivity index (χ1) is 5.29. The summed E-state index contributed by atoms with van der Waals surface area (Å²) in [6.45, 7) is 0. The van der Waals surface area contributed by atoms with Crippen LogP contribution in [0.3, 0.4) is 0 Å². The summed E-state index contributed by atoms with van der Waals surface area (Å²) in [5, 5.41) is 0. The third-order valence-corrected chi connectivity index (χ3v) is 1.90. The normalized spacial score (nSPS) is 17.7. The minimum atomic E-state index is -0.747. The predicted octanol–water partition coefficient (Wildman–Crippen LogP) is 3.21. The first kappa shape index (κ1) is 8.60. The summed E-state index contributed by atoms with van der Waals surface area (Å²) in [6, 6.07) is 0. The molecule has 1 fully saturated rings. The van der Waals surface area contributed by atoms with Crippen LogP contribution in [0.5, 0.6) is 0 Å². The highest BCUT2D eigenvalue weighted by Crippen LogP contribution is 2.22. The predicted molar refractivity (Wildman–Crippen MR) is 43.5 cm³/mol. The van der Waals surface area contributed by atoms with Crippen LogP contribution in [-0.2, 0) is 4.74 Å².